The van der Waals surface area contributed by atoms with E-state index in [4.69, 9.17) is 0 Å². The second kappa shape index (κ2) is 6.77. The maximum Gasteiger partial charge on any atom is 0.433 e. The topological polar surface area (TPSA) is 78.1 Å². The first-order chi connectivity index (χ1) is 12.3. The number of aromatic nitrogens is 2. The molecule has 0 bridgehead atoms. The molecule has 1 unspecified atom stereocenters. The number of H-pyrrole nitrogens is 1. The van der Waals surface area contributed by atoms with Crippen LogP contribution in [0.15, 0.2) is 35.1 Å². The first kappa shape index (κ1) is 17.9. The first-order valence-electron chi connectivity index (χ1n) is 7.76. The zero-order chi connectivity index (χ0) is 18.9. The van der Waals surface area contributed by atoms with E-state index in [-0.39, 0.29) is 18.2 Å². The van der Waals surface area contributed by atoms with Gasteiger partial charge in [0.25, 0.3) is 5.56 Å². The van der Waals surface area contributed by atoms with Gasteiger partial charge in [0, 0.05) is 12.6 Å². The van der Waals surface area contributed by atoms with E-state index in [1.165, 1.54) is 29.2 Å². The number of anilines is 2. The van der Waals surface area contributed by atoms with E-state index in [0.29, 0.717) is 18.9 Å². The number of nitrogens with zero attached hydrogens (tertiary/aromatic N) is 2. The fourth-order valence-corrected chi connectivity index (χ4v) is 2.80. The van der Waals surface area contributed by atoms with Gasteiger partial charge in [-0.2, -0.15) is 13.2 Å². The molecule has 1 aromatic carbocycles. The van der Waals surface area contributed by atoms with Gasteiger partial charge in [0.05, 0.1) is 5.69 Å². The lowest BCUT2D eigenvalue weighted by Crippen LogP contribution is -2.41. The van der Waals surface area contributed by atoms with Gasteiger partial charge < -0.3 is 10.2 Å². The number of halogens is 4. The number of nitrogens with one attached hydrogen (secondary N) is 2. The van der Waals surface area contributed by atoms with E-state index in [9.17, 15) is 27.2 Å². The molecule has 1 fully saturated rings. The van der Waals surface area contributed by atoms with E-state index in [2.05, 4.69) is 15.3 Å². The molecule has 0 saturated carbocycles. The molecule has 1 aliphatic rings. The van der Waals surface area contributed by atoms with E-state index >= 15 is 0 Å². The summed E-state index contributed by atoms with van der Waals surface area (Å²) >= 11 is 0. The standard InChI is InChI=1S/C16H14F4N4O2/c17-9-4-1-2-5-10(9)21-14(26)11-6-3-7-24(11)15-22-12(16(18,19)20)8-13(25)23-15/h1-2,4-5,8,11H,3,6-7H2,(H,21,26)(H,22,23,25). The van der Waals surface area contributed by atoms with Crippen LogP contribution in [0.25, 0.3) is 0 Å². The summed E-state index contributed by atoms with van der Waals surface area (Å²) in [5, 5.41) is 2.41. The summed E-state index contributed by atoms with van der Waals surface area (Å²) in [6.45, 7) is 0.236. The lowest BCUT2D eigenvalue weighted by atomic mass is 10.2. The summed E-state index contributed by atoms with van der Waals surface area (Å²) in [7, 11) is 0. The zero-order valence-electron chi connectivity index (χ0n) is 13.3. The van der Waals surface area contributed by atoms with Gasteiger partial charge in [-0.15, -0.1) is 0 Å². The summed E-state index contributed by atoms with van der Waals surface area (Å²) in [5.74, 6) is -1.56. The summed E-state index contributed by atoms with van der Waals surface area (Å²) < 4.78 is 52.3. The number of alkyl halides is 3. The normalized spacial score (nSPS) is 17.4. The van der Waals surface area contributed by atoms with Crippen LogP contribution in [-0.2, 0) is 11.0 Å². The van der Waals surface area contributed by atoms with Crippen molar-refractivity contribution in [1.82, 2.24) is 9.97 Å². The Kier molecular flexibility index (Phi) is 4.66. The summed E-state index contributed by atoms with van der Waals surface area (Å²) in [6, 6.07) is 5.03. The van der Waals surface area contributed by atoms with Crippen molar-refractivity contribution in [1.29, 1.82) is 0 Å². The zero-order valence-corrected chi connectivity index (χ0v) is 13.3. The fraction of sp³-hybridized carbons (Fsp3) is 0.312. The largest absolute Gasteiger partial charge is 0.433 e. The number of carbonyl (C=O) groups excluding carboxylic acids is 1. The highest BCUT2D eigenvalue weighted by molar-refractivity contribution is 5.97. The van der Waals surface area contributed by atoms with E-state index in [0.717, 1.165) is 0 Å². The Morgan fingerprint density at radius 3 is 2.73 bits per heavy atom. The minimum Gasteiger partial charge on any atom is -0.330 e. The van der Waals surface area contributed by atoms with Crippen molar-refractivity contribution >= 4 is 17.5 Å². The molecule has 0 spiro atoms. The third kappa shape index (κ3) is 3.68. The lowest BCUT2D eigenvalue weighted by Gasteiger charge is -2.24. The molecule has 1 atom stereocenters. The number of para-hydroxylation sites is 1. The Labute approximate surface area is 144 Å². The number of benzene rings is 1. The molecule has 1 aromatic heterocycles. The van der Waals surface area contributed by atoms with Crippen LogP contribution >= 0.6 is 0 Å². The van der Waals surface area contributed by atoms with Gasteiger partial charge in [-0.25, -0.2) is 9.37 Å². The van der Waals surface area contributed by atoms with Gasteiger partial charge in [0.2, 0.25) is 11.9 Å². The van der Waals surface area contributed by atoms with Crippen LogP contribution in [0, 0.1) is 5.82 Å². The predicted molar refractivity (Wildman–Crippen MR) is 85.3 cm³/mol. The van der Waals surface area contributed by atoms with Crippen molar-refractivity contribution in [3.8, 4) is 0 Å². The number of hydrogen-bond acceptors (Lipinski definition) is 4. The van der Waals surface area contributed by atoms with Crippen LogP contribution in [0.3, 0.4) is 0 Å². The maximum absolute atomic E-state index is 13.7. The molecule has 1 aliphatic heterocycles. The van der Waals surface area contributed by atoms with Crippen molar-refractivity contribution in [3.05, 3.63) is 52.2 Å². The van der Waals surface area contributed by atoms with Crippen LogP contribution in [0.4, 0.5) is 29.2 Å². The number of rotatable bonds is 3. The summed E-state index contributed by atoms with van der Waals surface area (Å²) in [4.78, 5) is 31.0. The third-order valence-electron chi connectivity index (χ3n) is 3.98. The number of hydrogen-bond donors (Lipinski definition) is 2. The minimum atomic E-state index is -4.78. The molecule has 3 rings (SSSR count). The van der Waals surface area contributed by atoms with E-state index in [1.807, 2.05) is 0 Å². The van der Waals surface area contributed by atoms with Crippen molar-refractivity contribution in [3.63, 3.8) is 0 Å². The molecule has 2 aromatic rings. The van der Waals surface area contributed by atoms with Gasteiger partial charge in [0.1, 0.15) is 11.9 Å². The third-order valence-corrected chi connectivity index (χ3v) is 3.98. The smallest absolute Gasteiger partial charge is 0.330 e. The Balaban J connectivity index is 1.87. The highest BCUT2D eigenvalue weighted by Crippen LogP contribution is 2.29. The van der Waals surface area contributed by atoms with Gasteiger partial charge in [-0.3, -0.25) is 14.6 Å². The molecule has 10 heteroatoms. The molecule has 1 saturated heterocycles. The lowest BCUT2D eigenvalue weighted by molar-refractivity contribution is -0.141. The highest BCUT2D eigenvalue weighted by atomic mass is 19.4. The van der Waals surface area contributed by atoms with Crippen molar-refractivity contribution in [2.24, 2.45) is 0 Å². The highest BCUT2D eigenvalue weighted by Gasteiger charge is 2.37. The van der Waals surface area contributed by atoms with Gasteiger partial charge >= 0.3 is 6.18 Å². The molecule has 138 valence electrons. The second-order valence-corrected chi connectivity index (χ2v) is 5.77. The fourth-order valence-electron chi connectivity index (χ4n) is 2.80. The molecular formula is C16H14F4N4O2. The van der Waals surface area contributed by atoms with Crippen LogP contribution < -0.4 is 15.8 Å². The molecule has 2 heterocycles. The number of aromatic amines is 1. The maximum atomic E-state index is 13.7. The molecule has 2 N–H and O–H groups in total. The molecular weight excluding hydrogens is 356 g/mol. The molecule has 26 heavy (non-hydrogen) atoms. The number of carbonyl (C=O) groups is 1. The average Bonchev–Trinajstić information content (AvgIpc) is 3.05. The molecule has 6 nitrogen and oxygen atoms in total. The van der Waals surface area contributed by atoms with Crippen molar-refractivity contribution in [2.45, 2.75) is 25.1 Å². The quantitative estimate of drug-likeness (QED) is 0.814. The minimum absolute atomic E-state index is 0.0326. The number of amides is 1. The second-order valence-electron chi connectivity index (χ2n) is 5.77. The Morgan fingerprint density at radius 2 is 2.04 bits per heavy atom. The Hall–Kier alpha value is -2.91. The molecule has 1 amide bonds. The molecule has 0 radical (unpaired) electrons. The molecule has 0 aliphatic carbocycles. The SMILES string of the molecule is O=C(Nc1ccccc1F)C1CCCN1c1nc(C(F)(F)F)cc(=O)[nH]1. The monoisotopic (exact) mass is 370 g/mol. The van der Waals surface area contributed by atoms with Crippen molar-refractivity contribution < 1.29 is 22.4 Å². The van der Waals surface area contributed by atoms with E-state index in [1.54, 1.807) is 0 Å². The van der Waals surface area contributed by atoms with E-state index < -0.39 is 35.2 Å². The van der Waals surface area contributed by atoms with Gasteiger partial charge in [-0.1, -0.05) is 12.1 Å². The van der Waals surface area contributed by atoms with Crippen LogP contribution in [0.5, 0.6) is 0 Å². The van der Waals surface area contributed by atoms with Crippen molar-refractivity contribution in [2.75, 3.05) is 16.8 Å². The summed E-state index contributed by atoms with van der Waals surface area (Å²) in [6.07, 6.45) is -3.94. The van der Waals surface area contributed by atoms with Gasteiger partial charge in [0.15, 0.2) is 5.69 Å². The average molecular weight is 370 g/mol. The van der Waals surface area contributed by atoms with Crippen LogP contribution in [-0.4, -0.2) is 28.5 Å². The van der Waals surface area contributed by atoms with Gasteiger partial charge in [-0.05, 0) is 25.0 Å². The van der Waals surface area contributed by atoms with Crippen LogP contribution in [0.1, 0.15) is 18.5 Å². The Bertz CT molecular complexity index is 881. The van der Waals surface area contributed by atoms with Crippen LogP contribution in [0.2, 0.25) is 0 Å². The first-order valence-corrected chi connectivity index (χ1v) is 7.76. The Morgan fingerprint density at radius 1 is 1.31 bits per heavy atom. The predicted octanol–water partition coefficient (Wildman–Crippen LogP) is 2.54. The summed E-state index contributed by atoms with van der Waals surface area (Å²) in [5.41, 5.74) is -2.34.